The molecule has 1 aliphatic heterocycles. The highest BCUT2D eigenvalue weighted by molar-refractivity contribution is 5.75. The van der Waals surface area contributed by atoms with Crippen LogP contribution in [0.25, 0.3) is 11.3 Å². The van der Waals surface area contributed by atoms with E-state index in [1.54, 1.807) is 6.92 Å². The summed E-state index contributed by atoms with van der Waals surface area (Å²) in [6.45, 7) is 5.88. The van der Waals surface area contributed by atoms with Crippen LogP contribution in [0.1, 0.15) is 49.0 Å². The summed E-state index contributed by atoms with van der Waals surface area (Å²) in [7, 11) is 0. The summed E-state index contributed by atoms with van der Waals surface area (Å²) in [6, 6.07) is 22.6. The van der Waals surface area contributed by atoms with Gasteiger partial charge in [-0.15, -0.1) is 0 Å². The van der Waals surface area contributed by atoms with Crippen molar-refractivity contribution in [2.24, 2.45) is 0 Å². The predicted octanol–water partition coefficient (Wildman–Crippen LogP) is 6.04. The summed E-state index contributed by atoms with van der Waals surface area (Å²) >= 11 is 0. The molecule has 0 saturated heterocycles. The number of benzene rings is 2. The standard InChI is InChI=1S/C26H26N2O/c1-18-14-15-24(28(20(3)29)26(18)22-12-8-5-9-13-22)23-16-19(2)25(27-17-23)21-10-6-4-7-11-21/h4-14,16-17,24,26H,15H2,1-3H3/t24-,26+/m1/s1. The molecule has 2 heterocycles. The monoisotopic (exact) mass is 382 g/mol. The second kappa shape index (κ2) is 8.04. The van der Waals surface area contributed by atoms with E-state index in [1.165, 1.54) is 5.57 Å². The Kier molecular flexibility index (Phi) is 5.30. The molecule has 0 bridgehead atoms. The van der Waals surface area contributed by atoms with Crippen LogP contribution in [0.5, 0.6) is 0 Å². The topological polar surface area (TPSA) is 33.2 Å². The van der Waals surface area contributed by atoms with Gasteiger partial charge in [-0.05, 0) is 37.0 Å². The normalized spacial score (nSPS) is 19.0. The smallest absolute Gasteiger partial charge is 0.220 e. The maximum atomic E-state index is 12.8. The van der Waals surface area contributed by atoms with Gasteiger partial charge in [0.15, 0.2) is 0 Å². The molecular weight excluding hydrogens is 356 g/mol. The molecule has 1 amide bonds. The molecule has 0 aliphatic carbocycles. The zero-order valence-corrected chi connectivity index (χ0v) is 17.2. The average Bonchev–Trinajstić information content (AvgIpc) is 2.74. The van der Waals surface area contributed by atoms with Crippen LogP contribution in [-0.2, 0) is 4.79 Å². The largest absolute Gasteiger partial charge is 0.325 e. The summed E-state index contributed by atoms with van der Waals surface area (Å²) in [4.78, 5) is 19.6. The van der Waals surface area contributed by atoms with Crippen molar-refractivity contribution in [2.75, 3.05) is 0 Å². The first-order valence-corrected chi connectivity index (χ1v) is 10.1. The first-order chi connectivity index (χ1) is 14.1. The molecule has 146 valence electrons. The number of aromatic nitrogens is 1. The lowest BCUT2D eigenvalue weighted by molar-refractivity contribution is -0.133. The minimum Gasteiger partial charge on any atom is -0.325 e. The molecule has 4 rings (SSSR count). The van der Waals surface area contributed by atoms with Gasteiger partial charge in [0.05, 0.1) is 17.8 Å². The number of nitrogens with zero attached hydrogens (tertiary/aromatic N) is 2. The third-order valence-corrected chi connectivity index (χ3v) is 5.72. The van der Waals surface area contributed by atoms with Crippen molar-refractivity contribution < 1.29 is 4.79 Å². The third-order valence-electron chi connectivity index (χ3n) is 5.72. The lowest BCUT2D eigenvalue weighted by Gasteiger charge is -2.42. The molecule has 0 spiro atoms. The van der Waals surface area contributed by atoms with Gasteiger partial charge in [-0.1, -0.05) is 78.4 Å². The maximum absolute atomic E-state index is 12.8. The summed E-state index contributed by atoms with van der Waals surface area (Å²) in [6.07, 6.45) is 5.01. The molecule has 3 heteroatoms. The fourth-order valence-electron chi connectivity index (χ4n) is 4.36. The number of carbonyl (C=O) groups excluding carboxylic acids is 1. The Hall–Kier alpha value is -3.20. The summed E-state index contributed by atoms with van der Waals surface area (Å²) in [5.74, 6) is 0.0843. The Labute approximate surface area is 172 Å². The van der Waals surface area contributed by atoms with Crippen LogP contribution in [0, 0.1) is 6.92 Å². The second-order valence-corrected chi connectivity index (χ2v) is 7.74. The Morgan fingerprint density at radius 1 is 0.966 bits per heavy atom. The van der Waals surface area contributed by atoms with Crippen molar-refractivity contribution in [3.05, 3.63) is 101 Å². The highest BCUT2D eigenvalue weighted by Crippen LogP contribution is 2.42. The van der Waals surface area contributed by atoms with Crippen LogP contribution in [0.15, 0.2) is 84.6 Å². The number of pyridine rings is 1. The van der Waals surface area contributed by atoms with Gasteiger partial charge < -0.3 is 4.90 Å². The van der Waals surface area contributed by atoms with Crippen molar-refractivity contribution in [3.8, 4) is 11.3 Å². The van der Waals surface area contributed by atoms with Gasteiger partial charge in [-0.25, -0.2) is 0 Å². The number of hydrogen-bond acceptors (Lipinski definition) is 2. The number of amides is 1. The molecule has 2 aromatic carbocycles. The van der Waals surface area contributed by atoms with E-state index >= 15 is 0 Å². The Morgan fingerprint density at radius 2 is 1.62 bits per heavy atom. The number of hydrogen-bond donors (Lipinski definition) is 0. The molecular formula is C26H26N2O. The fraction of sp³-hybridized carbons (Fsp3) is 0.231. The SMILES string of the molecule is CC(=O)N1[C@@H](c2cnc(-c3ccccc3)c(C)c2)CC=C(C)[C@H]1c1ccccc1. The van der Waals surface area contributed by atoms with Crippen molar-refractivity contribution in [1.29, 1.82) is 0 Å². The molecule has 0 radical (unpaired) electrons. The Morgan fingerprint density at radius 3 is 2.24 bits per heavy atom. The van der Waals surface area contributed by atoms with Gasteiger partial charge in [0.1, 0.15) is 0 Å². The lowest BCUT2D eigenvalue weighted by Crippen LogP contribution is -2.39. The maximum Gasteiger partial charge on any atom is 0.220 e. The zero-order valence-electron chi connectivity index (χ0n) is 17.2. The first kappa shape index (κ1) is 19.1. The number of rotatable bonds is 3. The molecule has 3 nitrogen and oxygen atoms in total. The summed E-state index contributed by atoms with van der Waals surface area (Å²) in [5.41, 5.74) is 6.68. The van der Waals surface area contributed by atoms with Gasteiger partial charge in [0.25, 0.3) is 0 Å². The molecule has 0 saturated carbocycles. The van der Waals surface area contributed by atoms with E-state index < -0.39 is 0 Å². The first-order valence-electron chi connectivity index (χ1n) is 10.1. The highest BCUT2D eigenvalue weighted by atomic mass is 16.2. The van der Waals surface area contributed by atoms with E-state index in [9.17, 15) is 4.79 Å². The highest BCUT2D eigenvalue weighted by Gasteiger charge is 2.34. The number of carbonyl (C=O) groups is 1. The zero-order chi connectivity index (χ0) is 20.4. The average molecular weight is 383 g/mol. The van der Waals surface area contributed by atoms with Gasteiger partial charge in [0.2, 0.25) is 5.91 Å². The Bertz CT molecular complexity index is 1040. The van der Waals surface area contributed by atoms with Crippen LogP contribution in [-0.4, -0.2) is 15.8 Å². The van der Waals surface area contributed by atoms with E-state index in [0.717, 1.165) is 34.4 Å². The molecule has 29 heavy (non-hydrogen) atoms. The minimum absolute atomic E-state index is 0.0163. The third kappa shape index (κ3) is 3.73. The number of aryl methyl sites for hydroxylation is 1. The van der Waals surface area contributed by atoms with E-state index in [-0.39, 0.29) is 18.0 Å². The molecule has 3 aromatic rings. The Balaban J connectivity index is 1.74. The van der Waals surface area contributed by atoms with Crippen LogP contribution in [0.4, 0.5) is 0 Å². The quantitative estimate of drug-likeness (QED) is 0.518. The van der Waals surface area contributed by atoms with Crippen molar-refractivity contribution in [1.82, 2.24) is 9.88 Å². The van der Waals surface area contributed by atoms with Crippen molar-refractivity contribution >= 4 is 5.91 Å². The molecule has 0 N–H and O–H groups in total. The van der Waals surface area contributed by atoms with E-state index in [0.29, 0.717) is 0 Å². The summed E-state index contributed by atoms with van der Waals surface area (Å²) in [5, 5.41) is 0. The predicted molar refractivity (Wildman–Crippen MR) is 117 cm³/mol. The van der Waals surface area contributed by atoms with Gasteiger partial charge in [-0.3, -0.25) is 9.78 Å². The summed E-state index contributed by atoms with van der Waals surface area (Å²) < 4.78 is 0. The molecule has 0 unspecified atom stereocenters. The van der Waals surface area contributed by atoms with E-state index in [2.05, 4.69) is 50.3 Å². The van der Waals surface area contributed by atoms with Crippen LogP contribution in [0.3, 0.4) is 0 Å². The lowest BCUT2D eigenvalue weighted by atomic mass is 9.87. The van der Waals surface area contributed by atoms with Crippen LogP contribution < -0.4 is 0 Å². The minimum atomic E-state index is -0.0402. The molecule has 1 aromatic heterocycles. The van der Waals surface area contributed by atoms with E-state index in [1.807, 2.05) is 47.5 Å². The van der Waals surface area contributed by atoms with Gasteiger partial charge in [-0.2, -0.15) is 0 Å². The fourth-order valence-corrected chi connectivity index (χ4v) is 4.36. The van der Waals surface area contributed by atoms with Gasteiger partial charge >= 0.3 is 0 Å². The van der Waals surface area contributed by atoms with Gasteiger partial charge in [0, 0.05) is 18.7 Å². The molecule has 1 aliphatic rings. The molecule has 2 atom stereocenters. The van der Waals surface area contributed by atoms with Crippen molar-refractivity contribution in [2.45, 2.75) is 39.3 Å². The van der Waals surface area contributed by atoms with E-state index in [4.69, 9.17) is 4.98 Å². The second-order valence-electron chi connectivity index (χ2n) is 7.74. The van der Waals surface area contributed by atoms with Crippen LogP contribution >= 0.6 is 0 Å². The van der Waals surface area contributed by atoms with Crippen molar-refractivity contribution in [3.63, 3.8) is 0 Å². The molecule has 0 fully saturated rings. The van der Waals surface area contributed by atoms with Crippen LogP contribution in [0.2, 0.25) is 0 Å².